The van der Waals surface area contributed by atoms with Crippen molar-refractivity contribution in [1.29, 1.82) is 0 Å². The molecule has 35 heavy (non-hydrogen) atoms. The highest BCUT2D eigenvalue weighted by atomic mass is 32.1. The summed E-state index contributed by atoms with van der Waals surface area (Å²) in [5.41, 5.74) is 7.65. The first-order valence-electron chi connectivity index (χ1n) is 11.9. The van der Waals surface area contributed by atoms with Crippen molar-refractivity contribution < 1.29 is 9.59 Å². The average Bonchev–Trinajstić information content (AvgIpc) is 3.27. The highest BCUT2D eigenvalue weighted by molar-refractivity contribution is 7.14. The predicted octanol–water partition coefficient (Wildman–Crippen LogP) is 4.24. The van der Waals surface area contributed by atoms with Gasteiger partial charge in [0.05, 0.1) is 18.8 Å². The van der Waals surface area contributed by atoms with Crippen molar-refractivity contribution in [3.63, 3.8) is 0 Å². The number of hydrogen-bond donors (Lipinski definition) is 2. The van der Waals surface area contributed by atoms with Crippen molar-refractivity contribution in [2.45, 2.75) is 27.7 Å². The van der Waals surface area contributed by atoms with Gasteiger partial charge in [0.15, 0.2) is 5.13 Å². The van der Waals surface area contributed by atoms with Crippen LogP contribution >= 0.6 is 11.3 Å². The minimum absolute atomic E-state index is 0.0152. The van der Waals surface area contributed by atoms with Gasteiger partial charge in [0.1, 0.15) is 0 Å². The van der Waals surface area contributed by atoms with E-state index < -0.39 is 0 Å². The number of rotatable bonds is 7. The summed E-state index contributed by atoms with van der Waals surface area (Å²) in [7, 11) is 0. The number of amides is 2. The minimum Gasteiger partial charge on any atom is -0.325 e. The number of thiazole rings is 1. The second kappa shape index (κ2) is 11.1. The van der Waals surface area contributed by atoms with Gasteiger partial charge in [-0.1, -0.05) is 23.8 Å². The number of anilines is 2. The standard InChI is InChI=1S/C27H33N5O2S/c1-18-5-7-22(8-6-18)28-25(33)15-31-9-11-32(12-10-31)16-26(34)30-27-29-24(17-35-27)23-14-20(3)19(2)13-21(23)4/h5-8,13-14,17H,9-12,15-16H2,1-4H3,(H,28,33)(H,29,30,34). The Hall–Kier alpha value is -3.07. The van der Waals surface area contributed by atoms with Crippen LogP contribution in [0.1, 0.15) is 22.3 Å². The fourth-order valence-corrected chi connectivity index (χ4v) is 4.93. The zero-order valence-corrected chi connectivity index (χ0v) is 21.7. The van der Waals surface area contributed by atoms with Crippen molar-refractivity contribution >= 4 is 34.0 Å². The van der Waals surface area contributed by atoms with Gasteiger partial charge < -0.3 is 10.6 Å². The molecule has 0 radical (unpaired) electrons. The Balaban J connectivity index is 1.22. The molecule has 1 aliphatic heterocycles. The number of benzene rings is 2. The summed E-state index contributed by atoms with van der Waals surface area (Å²) in [6, 6.07) is 12.1. The third-order valence-electron chi connectivity index (χ3n) is 6.40. The minimum atomic E-state index is -0.0618. The first-order chi connectivity index (χ1) is 16.8. The van der Waals surface area contributed by atoms with E-state index in [0.29, 0.717) is 18.2 Å². The Bertz CT molecular complexity index is 1200. The molecular weight excluding hydrogens is 458 g/mol. The van der Waals surface area contributed by atoms with Crippen LogP contribution in [0.25, 0.3) is 11.3 Å². The number of nitrogens with one attached hydrogen (secondary N) is 2. The summed E-state index contributed by atoms with van der Waals surface area (Å²) in [5, 5.41) is 8.51. The molecule has 2 aromatic carbocycles. The molecule has 3 aromatic rings. The van der Waals surface area contributed by atoms with Crippen LogP contribution in [-0.2, 0) is 9.59 Å². The van der Waals surface area contributed by atoms with E-state index in [1.54, 1.807) is 0 Å². The lowest BCUT2D eigenvalue weighted by atomic mass is 9.99. The zero-order valence-electron chi connectivity index (χ0n) is 20.9. The molecule has 0 saturated carbocycles. The molecular formula is C27H33N5O2S. The number of aryl methyl sites for hydroxylation is 4. The molecule has 1 saturated heterocycles. The summed E-state index contributed by atoms with van der Waals surface area (Å²) >= 11 is 1.45. The molecule has 0 unspecified atom stereocenters. The van der Waals surface area contributed by atoms with Crippen molar-refractivity contribution in [2.75, 3.05) is 49.9 Å². The molecule has 184 valence electrons. The molecule has 2 amide bonds. The fourth-order valence-electron chi connectivity index (χ4n) is 4.20. The van der Waals surface area contributed by atoms with Gasteiger partial charge in [0.2, 0.25) is 11.8 Å². The van der Waals surface area contributed by atoms with Crippen LogP contribution in [0.15, 0.2) is 41.8 Å². The molecule has 8 heteroatoms. The SMILES string of the molecule is Cc1ccc(NC(=O)CN2CCN(CC(=O)Nc3nc(-c4cc(C)c(C)cc4C)cs3)CC2)cc1. The van der Waals surface area contributed by atoms with Gasteiger partial charge in [-0.15, -0.1) is 11.3 Å². The van der Waals surface area contributed by atoms with Crippen LogP contribution < -0.4 is 10.6 Å². The number of nitrogens with zero attached hydrogens (tertiary/aromatic N) is 3. The van der Waals surface area contributed by atoms with Gasteiger partial charge in [0, 0.05) is 42.8 Å². The quantitative estimate of drug-likeness (QED) is 0.517. The summed E-state index contributed by atoms with van der Waals surface area (Å²) in [6.45, 7) is 12.0. The van der Waals surface area contributed by atoms with Crippen molar-refractivity contribution in [1.82, 2.24) is 14.8 Å². The van der Waals surface area contributed by atoms with Crippen LogP contribution in [0.5, 0.6) is 0 Å². The van der Waals surface area contributed by atoms with Gasteiger partial charge in [-0.3, -0.25) is 19.4 Å². The summed E-state index contributed by atoms with van der Waals surface area (Å²) < 4.78 is 0. The average molecular weight is 492 g/mol. The van der Waals surface area contributed by atoms with Crippen molar-refractivity contribution in [3.8, 4) is 11.3 Å². The Morgan fingerprint density at radius 2 is 1.40 bits per heavy atom. The van der Waals surface area contributed by atoms with Crippen LogP contribution in [0.3, 0.4) is 0 Å². The van der Waals surface area contributed by atoms with E-state index in [1.807, 2.05) is 36.6 Å². The summed E-state index contributed by atoms with van der Waals surface area (Å²) in [5.74, 6) is -0.0769. The molecule has 1 aliphatic rings. The molecule has 2 N–H and O–H groups in total. The molecule has 1 aromatic heterocycles. The Kier molecular flexibility index (Phi) is 7.95. The second-order valence-electron chi connectivity index (χ2n) is 9.30. The Morgan fingerprint density at radius 1 is 0.829 bits per heavy atom. The lowest BCUT2D eigenvalue weighted by Crippen LogP contribution is -2.50. The maximum Gasteiger partial charge on any atom is 0.240 e. The normalized spacial score (nSPS) is 14.6. The molecule has 4 rings (SSSR count). The summed E-state index contributed by atoms with van der Waals surface area (Å²) in [4.78, 5) is 33.9. The van der Waals surface area contributed by atoms with E-state index >= 15 is 0 Å². The molecule has 0 spiro atoms. The van der Waals surface area contributed by atoms with Crippen LogP contribution in [0.2, 0.25) is 0 Å². The van der Waals surface area contributed by atoms with Gasteiger partial charge in [-0.05, 0) is 62.6 Å². The predicted molar refractivity (Wildman–Crippen MR) is 143 cm³/mol. The first kappa shape index (κ1) is 25.0. The lowest BCUT2D eigenvalue weighted by molar-refractivity contribution is -0.120. The maximum absolute atomic E-state index is 12.6. The molecule has 0 aliphatic carbocycles. The third-order valence-corrected chi connectivity index (χ3v) is 7.16. The van der Waals surface area contributed by atoms with Gasteiger partial charge >= 0.3 is 0 Å². The Labute approximate surface area is 211 Å². The van der Waals surface area contributed by atoms with Gasteiger partial charge in [0.25, 0.3) is 0 Å². The third kappa shape index (κ3) is 6.75. The van der Waals surface area contributed by atoms with Gasteiger partial charge in [-0.25, -0.2) is 4.98 Å². The molecule has 0 bridgehead atoms. The van der Waals surface area contributed by atoms with E-state index in [-0.39, 0.29) is 11.8 Å². The largest absolute Gasteiger partial charge is 0.325 e. The van der Waals surface area contributed by atoms with E-state index in [2.05, 4.69) is 58.3 Å². The highest BCUT2D eigenvalue weighted by Crippen LogP contribution is 2.29. The van der Waals surface area contributed by atoms with E-state index in [9.17, 15) is 9.59 Å². The van der Waals surface area contributed by atoms with E-state index in [4.69, 9.17) is 0 Å². The molecule has 7 nitrogen and oxygen atoms in total. The number of carbonyl (C=O) groups excluding carboxylic acids is 2. The smallest absolute Gasteiger partial charge is 0.240 e. The maximum atomic E-state index is 12.6. The monoisotopic (exact) mass is 491 g/mol. The van der Waals surface area contributed by atoms with Crippen LogP contribution in [-0.4, -0.2) is 65.9 Å². The number of piperazine rings is 1. The number of aromatic nitrogens is 1. The summed E-state index contributed by atoms with van der Waals surface area (Å²) in [6.07, 6.45) is 0. The topological polar surface area (TPSA) is 77.6 Å². The number of hydrogen-bond acceptors (Lipinski definition) is 6. The second-order valence-corrected chi connectivity index (χ2v) is 10.2. The van der Waals surface area contributed by atoms with E-state index in [0.717, 1.165) is 48.7 Å². The van der Waals surface area contributed by atoms with Crippen molar-refractivity contribution in [2.24, 2.45) is 0 Å². The zero-order chi connectivity index (χ0) is 24.9. The van der Waals surface area contributed by atoms with Crippen LogP contribution in [0, 0.1) is 27.7 Å². The highest BCUT2D eigenvalue weighted by Gasteiger charge is 2.21. The fraction of sp³-hybridized carbons (Fsp3) is 0.370. The van der Waals surface area contributed by atoms with E-state index in [1.165, 1.54) is 28.0 Å². The molecule has 0 atom stereocenters. The van der Waals surface area contributed by atoms with Crippen molar-refractivity contribution in [3.05, 3.63) is 64.0 Å². The Morgan fingerprint density at radius 3 is 2.03 bits per heavy atom. The number of carbonyl (C=O) groups is 2. The lowest BCUT2D eigenvalue weighted by Gasteiger charge is -2.33. The first-order valence-corrected chi connectivity index (χ1v) is 12.8. The molecule has 1 fully saturated rings. The molecule has 2 heterocycles. The van der Waals surface area contributed by atoms with Gasteiger partial charge in [-0.2, -0.15) is 0 Å². The van der Waals surface area contributed by atoms with Crippen LogP contribution in [0.4, 0.5) is 10.8 Å².